The van der Waals surface area contributed by atoms with E-state index in [4.69, 9.17) is 5.73 Å². The molecule has 3 aromatic heterocycles. The lowest BCUT2D eigenvalue weighted by atomic mass is 10.5. The van der Waals surface area contributed by atoms with Gasteiger partial charge in [-0.15, -0.1) is 11.3 Å². The molecule has 0 atom stereocenters. The molecule has 0 bridgehead atoms. The van der Waals surface area contributed by atoms with Crippen LogP contribution in [-0.2, 0) is 6.54 Å². The van der Waals surface area contributed by atoms with E-state index < -0.39 is 0 Å². The van der Waals surface area contributed by atoms with Crippen molar-refractivity contribution in [1.82, 2.24) is 34.7 Å². The van der Waals surface area contributed by atoms with Gasteiger partial charge in [0.2, 0.25) is 11.9 Å². The van der Waals surface area contributed by atoms with Crippen molar-refractivity contribution in [3.8, 4) is 5.00 Å². The van der Waals surface area contributed by atoms with Crippen molar-refractivity contribution < 1.29 is 0 Å². The van der Waals surface area contributed by atoms with Crippen LogP contribution in [0.15, 0.2) is 22.3 Å². The molecule has 3 rings (SSSR count). The second-order valence-corrected chi connectivity index (χ2v) is 5.51. The average molecular weight is 319 g/mol. The Kier molecular flexibility index (Phi) is 3.55. The minimum atomic E-state index is -0.368. The highest BCUT2D eigenvalue weighted by Gasteiger charge is 2.13. The van der Waals surface area contributed by atoms with Gasteiger partial charge in [-0.05, 0) is 27.9 Å². The zero-order valence-corrected chi connectivity index (χ0v) is 12.7. The second kappa shape index (κ2) is 5.52. The zero-order chi connectivity index (χ0) is 15.7. The first-order valence-electron chi connectivity index (χ1n) is 6.29. The first-order chi connectivity index (χ1) is 10.5. The number of nitrogen functional groups attached to an aromatic ring is 1. The van der Waals surface area contributed by atoms with Crippen LogP contribution in [0.4, 0.5) is 11.9 Å². The molecule has 0 saturated carbocycles. The van der Waals surface area contributed by atoms with Crippen molar-refractivity contribution in [3.05, 3.63) is 33.8 Å². The molecular weight excluding hydrogens is 306 g/mol. The van der Waals surface area contributed by atoms with E-state index in [0.29, 0.717) is 16.8 Å². The quantitative estimate of drug-likeness (QED) is 0.675. The monoisotopic (exact) mass is 319 g/mol. The molecule has 0 amide bonds. The summed E-state index contributed by atoms with van der Waals surface area (Å²) in [5, 5.41) is 10.2. The maximum atomic E-state index is 12.3. The first kappa shape index (κ1) is 14.1. The Balaban J connectivity index is 1.93. The van der Waals surface area contributed by atoms with Crippen LogP contribution in [0.25, 0.3) is 5.00 Å². The molecule has 0 spiro atoms. The van der Waals surface area contributed by atoms with Crippen molar-refractivity contribution in [3.63, 3.8) is 0 Å². The van der Waals surface area contributed by atoms with Gasteiger partial charge >= 0.3 is 5.69 Å². The lowest BCUT2D eigenvalue weighted by Gasteiger charge is -2.10. The molecule has 3 heterocycles. The van der Waals surface area contributed by atoms with Gasteiger partial charge in [0.1, 0.15) is 11.5 Å². The van der Waals surface area contributed by atoms with Crippen LogP contribution in [0.1, 0.15) is 5.82 Å². The number of rotatable bonds is 4. The van der Waals surface area contributed by atoms with Gasteiger partial charge in [0.15, 0.2) is 5.82 Å². The van der Waals surface area contributed by atoms with E-state index in [-0.39, 0.29) is 18.2 Å². The molecule has 0 fully saturated rings. The molecule has 0 unspecified atom stereocenters. The Morgan fingerprint density at radius 1 is 1.27 bits per heavy atom. The van der Waals surface area contributed by atoms with E-state index in [1.54, 1.807) is 25.1 Å². The van der Waals surface area contributed by atoms with Crippen LogP contribution in [0.3, 0.4) is 0 Å². The third kappa shape index (κ3) is 2.65. The number of nitrogens with two attached hydrogens (primary N) is 1. The SMILES string of the molecule is CN(C)c1nc(N)nc(Cn2nnn(-c3cccs3)c2=O)n1. The normalized spacial score (nSPS) is 10.8. The zero-order valence-electron chi connectivity index (χ0n) is 11.9. The Hall–Kier alpha value is -2.82. The Morgan fingerprint density at radius 2 is 2.09 bits per heavy atom. The predicted octanol–water partition coefficient (Wildman–Crippen LogP) is -0.628. The van der Waals surface area contributed by atoms with Gasteiger partial charge in [0.05, 0.1) is 0 Å². The summed E-state index contributed by atoms with van der Waals surface area (Å²) < 4.78 is 2.40. The fourth-order valence-electron chi connectivity index (χ4n) is 1.73. The smallest absolute Gasteiger partial charge is 0.368 e. The van der Waals surface area contributed by atoms with Crippen molar-refractivity contribution in [1.29, 1.82) is 0 Å². The third-order valence-corrected chi connectivity index (χ3v) is 3.58. The number of thiophene rings is 1. The van der Waals surface area contributed by atoms with Crippen LogP contribution >= 0.6 is 11.3 Å². The van der Waals surface area contributed by atoms with Gasteiger partial charge in [-0.3, -0.25) is 0 Å². The van der Waals surface area contributed by atoms with Gasteiger partial charge < -0.3 is 10.6 Å². The number of tetrazole rings is 1. The average Bonchev–Trinajstić information content (AvgIpc) is 3.09. The van der Waals surface area contributed by atoms with Gasteiger partial charge in [-0.2, -0.15) is 24.3 Å². The Morgan fingerprint density at radius 3 is 2.77 bits per heavy atom. The molecule has 2 N–H and O–H groups in total. The molecular formula is C11H13N9OS. The van der Waals surface area contributed by atoms with E-state index in [9.17, 15) is 4.79 Å². The molecule has 0 saturated heterocycles. The van der Waals surface area contributed by atoms with E-state index in [1.165, 1.54) is 20.7 Å². The standard InChI is InChI=1S/C11H13N9OS/c1-18(2)10-14-7(13-9(12)15-10)6-19-11(21)20(17-16-19)8-4-3-5-22-8/h3-5H,6H2,1-2H3,(H2,12,13,14,15). The molecule has 0 aliphatic heterocycles. The van der Waals surface area contributed by atoms with E-state index >= 15 is 0 Å². The van der Waals surface area contributed by atoms with Gasteiger partial charge in [-0.25, -0.2) is 4.79 Å². The second-order valence-electron chi connectivity index (χ2n) is 4.59. The molecule has 0 aromatic carbocycles. The van der Waals surface area contributed by atoms with Gasteiger partial charge in [0, 0.05) is 14.1 Å². The third-order valence-electron chi connectivity index (χ3n) is 2.73. The van der Waals surface area contributed by atoms with Crippen molar-refractivity contribution >= 4 is 23.2 Å². The minimum Gasteiger partial charge on any atom is -0.368 e. The molecule has 22 heavy (non-hydrogen) atoms. The van der Waals surface area contributed by atoms with Crippen LogP contribution in [0.2, 0.25) is 0 Å². The highest BCUT2D eigenvalue weighted by atomic mass is 32.1. The molecule has 10 nitrogen and oxygen atoms in total. The summed E-state index contributed by atoms with van der Waals surface area (Å²) >= 11 is 1.40. The lowest BCUT2D eigenvalue weighted by molar-refractivity contribution is 0.606. The molecule has 0 radical (unpaired) electrons. The molecule has 11 heteroatoms. The summed E-state index contributed by atoms with van der Waals surface area (Å²) in [5.41, 5.74) is 5.29. The van der Waals surface area contributed by atoms with Crippen molar-refractivity contribution in [2.24, 2.45) is 0 Å². The van der Waals surface area contributed by atoms with Crippen LogP contribution in [-0.4, -0.2) is 48.8 Å². The fourth-order valence-corrected chi connectivity index (χ4v) is 2.40. The Bertz CT molecular complexity index is 836. The number of hydrogen-bond donors (Lipinski definition) is 1. The fraction of sp³-hybridized carbons (Fsp3) is 0.273. The van der Waals surface area contributed by atoms with E-state index in [1.807, 2.05) is 11.4 Å². The summed E-state index contributed by atoms with van der Waals surface area (Å²) in [5.74, 6) is 0.852. The molecule has 0 aliphatic carbocycles. The van der Waals surface area contributed by atoms with Crippen molar-refractivity contribution in [2.45, 2.75) is 6.54 Å². The number of nitrogens with zero attached hydrogens (tertiary/aromatic N) is 8. The maximum Gasteiger partial charge on any atom is 0.369 e. The molecule has 114 valence electrons. The molecule has 0 aliphatic rings. The Labute approximate surface area is 128 Å². The minimum absolute atomic E-state index is 0.0672. The summed E-state index contributed by atoms with van der Waals surface area (Å²) in [6.07, 6.45) is 0. The number of hydrogen-bond acceptors (Lipinski definition) is 9. The highest BCUT2D eigenvalue weighted by molar-refractivity contribution is 7.12. The number of anilines is 2. The summed E-state index contributed by atoms with van der Waals surface area (Å²) in [7, 11) is 3.58. The molecule has 3 aromatic rings. The highest BCUT2D eigenvalue weighted by Crippen LogP contribution is 2.11. The topological polar surface area (TPSA) is 121 Å². The lowest BCUT2D eigenvalue weighted by Crippen LogP contribution is -2.25. The predicted molar refractivity (Wildman–Crippen MR) is 81.2 cm³/mol. The van der Waals surface area contributed by atoms with Crippen LogP contribution in [0.5, 0.6) is 0 Å². The van der Waals surface area contributed by atoms with Crippen molar-refractivity contribution in [2.75, 3.05) is 24.7 Å². The van der Waals surface area contributed by atoms with Gasteiger partial charge in [0.25, 0.3) is 0 Å². The summed E-state index contributed by atoms with van der Waals surface area (Å²) in [6.45, 7) is 0.0672. The first-order valence-corrected chi connectivity index (χ1v) is 7.17. The van der Waals surface area contributed by atoms with E-state index in [0.717, 1.165) is 0 Å². The van der Waals surface area contributed by atoms with E-state index in [2.05, 4.69) is 25.4 Å². The largest absolute Gasteiger partial charge is 0.369 e. The van der Waals surface area contributed by atoms with Gasteiger partial charge in [-0.1, -0.05) is 0 Å². The summed E-state index contributed by atoms with van der Waals surface area (Å²) in [6, 6.07) is 3.62. The van der Waals surface area contributed by atoms with Crippen LogP contribution < -0.4 is 16.3 Å². The maximum absolute atomic E-state index is 12.3. The van der Waals surface area contributed by atoms with Crippen LogP contribution in [0, 0.1) is 0 Å². The number of aromatic nitrogens is 7. The summed E-state index contributed by atoms with van der Waals surface area (Å²) in [4.78, 5) is 26.2.